The molecule has 1 N–H and O–H groups in total. The van der Waals surface area contributed by atoms with Gasteiger partial charge in [0.15, 0.2) is 0 Å². The van der Waals surface area contributed by atoms with Crippen molar-refractivity contribution in [3.8, 4) is 0 Å². The summed E-state index contributed by atoms with van der Waals surface area (Å²) < 4.78 is 0.867. The molecule has 0 spiro atoms. The van der Waals surface area contributed by atoms with Crippen molar-refractivity contribution in [2.45, 2.75) is 6.92 Å². The quantitative estimate of drug-likeness (QED) is 0.905. The van der Waals surface area contributed by atoms with Gasteiger partial charge in [-0.2, -0.15) is 0 Å². The number of hydrogen-bond acceptors (Lipinski definition) is 2. The molecule has 0 fully saturated rings. The number of carbonyl (C=O) groups excluding carboxylic acids is 1. The molecule has 0 atom stereocenters. The fraction of sp³-hybridized carbons (Fsp3) is 0.0769. The Kier molecular flexibility index (Phi) is 3.99. The van der Waals surface area contributed by atoms with Crippen molar-refractivity contribution >= 4 is 39.3 Å². The minimum atomic E-state index is -0.214. The number of rotatable bonds is 2. The Morgan fingerprint density at radius 3 is 2.78 bits per heavy atom. The monoisotopic (exact) mass is 324 g/mol. The van der Waals surface area contributed by atoms with Crippen molar-refractivity contribution < 1.29 is 4.79 Å². The SMILES string of the molecule is Cc1cc(Br)cc(C(=O)Nc2cc(Cl)ccn2)c1. The highest BCUT2D eigenvalue weighted by atomic mass is 79.9. The lowest BCUT2D eigenvalue weighted by atomic mass is 10.1. The van der Waals surface area contributed by atoms with E-state index in [1.165, 1.54) is 0 Å². The van der Waals surface area contributed by atoms with Crippen LogP contribution in [0.15, 0.2) is 41.0 Å². The summed E-state index contributed by atoms with van der Waals surface area (Å²) in [6.45, 7) is 1.93. The first-order valence-electron chi connectivity index (χ1n) is 5.25. The summed E-state index contributed by atoms with van der Waals surface area (Å²) >= 11 is 9.19. The van der Waals surface area contributed by atoms with Gasteiger partial charge >= 0.3 is 0 Å². The summed E-state index contributed by atoms with van der Waals surface area (Å²) in [5, 5.41) is 3.23. The molecule has 2 aromatic rings. The number of aryl methyl sites for hydroxylation is 1. The Labute approximate surface area is 118 Å². The second kappa shape index (κ2) is 5.50. The topological polar surface area (TPSA) is 42.0 Å². The van der Waals surface area contributed by atoms with E-state index in [9.17, 15) is 4.79 Å². The molecule has 92 valence electrons. The molecule has 0 aliphatic rings. The average molecular weight is 326 g/mol. The smallest absolute Gasteiger partial charge is 0.256 e. The number of pyridine rings is 1. The van der Waals surface area contributed by atoms with Gasteiger partial charge in [0, 0.05) is 21.3 Å². The van der Waals surface area contributed by atoms with E-state index in [1.807, 2.05) is 19.1 Å². The maximum absolute atomic E-state index is 12.0. The number of carbonyl (C=O) groups is 1. The van der Waals surface area contributed by atoms with Gasteiger partial charge in [-0.3, -0.25) is 4.79 Å². The van der Waals surface area contributed by atoms with E-state index < -0.39 is 0 Å². The Balaban J connectivity index is 2.22. The van der Waals surface area contributed by atoms with Crippen LogP contribution in [0.25, 0.3) is 0 Å². The third kappa shape index (κ3) is 3.31. The maximum atomic E-state index is 12.0. The Hall–Kier alpha value is -1.39. The summed E-state index contributed by atoms with van der Waals surface area (Å²) in [5.74, 6) is 0.222. The Morgan fingerprint density at radius 1 is 1.33 bits per heavy atom. The van der Waals surface area contributed by atoms with E-state index in [-0.39, 0.29) is 5.91 Å². The molecule has 1 heterocycles. The molecule has 0 saturated heterocycles. The first-order chi connectivity index (χ1) is 8.54. The van der Waals surface area contributed by atoms with Gasteiger partial charge in [0.05, 0.1) is 0 Å². The number of aromatic nitrogens is 1. The highest BCUT2D eigenvalue weighted by molar-refractivity contribution is 9.10. The van der Waals surface area contributed by atoms with E-state index in [4.69, 9.17) is 11.6 Å². The second-order valence-corrected chi connectivity index (χ2v) is 5.18. The van der Waals surface area contributed by atoms with Crippen molar-refractivity contribution in [2.75, 3.05) is 5.32 Å². The zero-order valence-electron chi connectivity index (χ0n) is 9.58. The van der Waals surface area contributed by atoms with Gasteiger partial charge in [0.1, 0.15) is 5.82 Å². The van der Waals surface area contributed by atoms with Crippen LogP contribution in [0.2, 0.25) is 5.02 Å². The summed E-state index contributed by atoms with van der Waals surface area (Å²) in [6.07, 6.45) is 1.55. The molecule has 1 amide bonds. The molecule has 1 aromatic carbocycles. The number of hydrogen-bond donors (Lipinski definition) is 1. The number of halogens is 2. The molecule has 0 unspecified atom stereocenters. The molecule has 0 radical (unpaired) electrons. The Bertz CT molecular complexity index is 581. The number of nitrogens with one attached hydrogen (secondary N) is 1. The third-order valence-corrected chi connectivity index (χ3v) is 2.96. The van der Waals surface area contributed by atoms with Crippen LogP contribution in [-0.2, 0) is 0 Å². The summed E-state index contributed by atoms with van der Waals surface area (Å²) in [7, 11) is 0. The molecular weight excluding hydrogens is 316 g/mol. The molecule has 0 saturated carbocycles. The number of amides is 1. The van der Waals surface area contributed by atoms with Crippen LogP contribution in [0.3, 0.4) is 0 Å². The first kappa shape index (κ1) is 13.1. The van der Waals surface area contributed by atoms with E-state index in [2.05, 4.69) is 26.2 Å². The predicted molar refractivity (Wildman–Crippen MR) is 76.1 cm³/mol. The minimum Gasteiger partial charge on any atom is -0.307 e. The van der Waals surface area contributed by atoms with Gasteiger partial charge in [-0.15, -0.1) is 0 Å². The van der Waals surface area contributed by atoms with Gasteiger partial charge in [0.25, 0.3) is 5.91 Å². The van der Waals surface area contributed by atoms with Gasteiger partial charge in [0.2, 0.25) is 0 Å². The molecule has 2 rings (SSSR count). The van der Waals surface area contributed by atoms with Crippen molar-refractivity contribution in [1.82, 2.24) is 4.98 Å². The summed E-state index contributed by atoms with van der Waals surface area (Å²) in [6, 6.07) is 8.76. The normalized spacial score (nSPS) is 10.2. The zero-order chi connectivity index (χ0) is 13.1. The predicted octanol–water partition coefficient (Wildman–Crippen LogP) is 4.06. The average Bonchev–Trinajstić information content (AvgIpc) is 2.27. The van der Waals surface area contributed by atoms with Crippen LogP contribution < -0.4 is 5.32 Å². The van der Waals surface area contributed by atoms with Crippen molar-refractivity contribution in [3.63, 3.8) is 0 Å². The maximum Gasteiger partial charge on any atom is 0.256 e. The highest BCUT2D eigenvalue weighted by Gasteiger charge is 2.08. The first-order valence-corrected chi connectivity index (χ1v) is 6.42. The van der Waals surface area contributed by atoms with Crippen LogP contribution >= 0.6 is 27.5 Å². The van der Waals surface area contributed by atoms with Gasteiger partial charge in [-0.25, -0.2) is 4.98 Å². The van der Waals surface area contributed by atoms with Crippen molar-refractivity contribution in [3.05, 3.63) is 57.2 Å². The van der Waals surface area contributed by atoms with Crippen molar-refractivity contribution in [1.29, 1.82) is 0 Å². The third-order valence-electron chi connectivity index (χ3n) is 2.27. The summed E-state index contributed by atoms with van der Waals surface area (Å²) in [5.41, 5.74) is 1.58. The lowest BCUT2D eigenvalue weighted by Gasteiger charge is -2.06. The molecule has 18 heavy (non-hydrogen) atoms. The second-order valence-electron chi connectivity index (χ2n) is 3.83. The standard InChI is InChI=1S/C13H10BrClN2O/c1-8-4-9(6-10(14)5-8)13(18)17-12-7-11(15)2-3-16-12/h2-7H,1H3,(H,16,17,18). The van der Waals surface area contributed by atoms with Gasteiger partial charge < -0.3 is 5.32 Å². The molecular formula is C13H10BrClN2O. The molecule has 3 nitrogen and oxygen atoms in total. The van der Waals surface area contributed by atoms with Gasteiger partial charge in [-0.1, -0.05) is 27.5 Å². The number of benzene rings is 1. The lowest BCUT2D eigenvalue weighted by Crippen LogP contribution is -2.13. The minimum absolute atomic E-state index is 0.214. The van der Waals surface area contributed by atoms with E-state index in [1.54, 1.807) is 24.4 Å². The van der Waals surface area contributed by atoms with E-state index in [0.717, 1.165) is 10.0 Å². The molecule has 0 bridgehead atoms. The lowest BCUT2D eigenvalue weighted by molar-refractivity contribution is 0.102. The number of nitrogens with zero attached hydrogens (tertiary/aromatic N) is 1. The zero-order valence-corrected chi connectivity index (χ0v) is 11.9. The van der Waals surface area contributed by atoms with Crippen LogP contribution in [0.4, 0.5) is 5.82 Å². The molecule has 0 aliphatic heterocycles. The summed E-state index contributed by atoms with van der Waals surface area (Å²) in [4.78, 5) is 16.0. The largest absolute Gasteiger partial charge is 0.307 e. The number of anilines is 1. The molecule has 1 aromatic heterocycles. The fourth-order valence-corrected chi connectivity index (χ4v) is 2.30. The highest BCUT2D eigenvalue weighted by Crippen LogP contribution is 2.17. The van der Waals surface area contributed by atoms with Crippen LogP contribution in [0, 0.1) is 6.92 Å². The van der Waals surface area contributed by atoms with Crippen LogP contribution in [-0.4, -0.2) is 10.9 Å². The van der Waals surface area contributed by atoms with E-state index >= 15 is 0 Å². The van der Waals surface area contributed by atoms with Gasteiger partial charge in [-0.05, 0) is 42.8 Å². The Morgan fingerprint density at radius 2 is 2.11 bits per heavy atom. The molecule has 0 aliphatic carbocycles. The van der Waals surface area contributed by atoms with E-state index in [0.29, 0.717) is 16.4 Å². The van der Waals surface area contributed by atoms with Crippen LogP contribution in [0.5, 0.6) is 0 Å². The molecule has 5 heteroatoms. The van der Waals surface area contributed by atoms with Crippen LogP contribution in [0.1, 0.15) is 15.9 Å². The van der Waals surface area contributed by atoms with Crippen molar-refractivity contribution in [2.24, 2.45) is 0 Å². The fourth-order valence-electron chi connectivity index (χ4n) is 1.53.